The number of rotatable bonds is 1. The normalized spacial score (nSPS) is 12.5. The number of aromatic hydroxyl groups is 1. The van der Waals surface area contributed by atoms with Gasteiger partial charge in [-0.25, -0.2) is 9.38 Å². The van der Waals surface area contributed by atoms with Crippen molar-refractivity contribution >= 4 is 49.3 Å². The zero-order chi connectivity index (χ0) is 17.0. The fourth-order valence-electron chi connectivity index (χ4n) is 2.70. The van der Waals surface area contributed by atoms with Crippen LogP contribution in [0.4, 0.5) is 0 Å². The Balaban J connectivity index is 2.03. The van der Waals surface area contributed by atoms with Crippen LogP contribution < -0.4 is 10.1 Å². The lowest BCUT2D eigenvalue weighted by atomic mass is 10.1. The maximum Gasteiger partial charge on any atom is 0.274 e. The van der Waals surface area contributed by atoms with Crippen LogP contribution in [0, 0.1) is 13.8 Å². The molecule has 24 heavy (non-hydrogen) atoms. The van der Waals surface area contributed by atoms with Crippen molar-refractivity contribution in [3.8, 4) is 5.75 Å². The van der Waals surface area contributed by atoms with Gasteiger partial charge in [0.15, 0.2) is 4.96 Å². The molecule has 0 spiro atoms. The second-order valence-electron chi connectivity index (χ2n) is 5.74. The molecule has 0 fully saturated rings. The summed E-state index contributed by atoms with van der Waals surface area (Å²) in [6, 6.07) is 8.77. The summed E-state index contributed by atoms with van der Waals surface area (Å²) >= 11 is 4.96. The predicted molar refractivity (Wildman–Crippen MR) is 101 cm³/mol. The third kappa shape index (κ3) is 2.25. The summed E-state index contributed by atoms with van der Waals surface area (Å²) in [6.45, 7) is 4.06. The maximum absolute atomic E-state index is 12.8. The predicted octanol–water partition coefficient (Wildman–Crippen LogP) is 3.54. The fourth-order valence-corrected chi connectivity index (χ4v) is 4.28. The quantitative estimate of drug-likeness (QED) is 0.531. The van der Waals surface area contributed by atoms with Crippen molar-refractivity contribution in [3.05, 3.63) is 66.4 Å². The van der Waals surface area contributed by atoms with E-state index in [1.165, 1.54) is 11.3 Å². The lowest BCUT2D eigenvalue weighted by Gasteiger charge is -2.03. The van der Waals surface area contributed by atoms with Gasteiger partial charge in [0.1, 0.15) is 11.3 Å². The van der Waals surface area contributed by atoms with Crippen LogP contribution in [0.3, 0.4) is 0 Å². The summed E-state index contributed by atoms with van der Waals surface area (Å²) in [4.78, 5) is 18.1. The van der Waals surface area contributed by atoms with Crippen molar-refractivity contribution in [1.29, 1.82) is 0 Å². The third-order valence-corrected chi connectivity index (χ3v) is 6.11. The van der Waals surface area contributed by atoms with E-state index in [1.807, 2.05) is 26.0 Å². The molecule has 0 bridgehead atoms. The summed E-state index contributed by atoms with van der Waals surface area (Å²) < 4.78 is 3.24. The third-order valence-electron chi connectivity index (χ3n) is 4.17. The SMILES string of the molecule is Cc1cc2c(nc3s/c(=C\c4ccc(O)cc4)c(=O)n32)c(Br)c1C. The van der Waals surface area contributed by atoms with Gasteiger partial charge in [0.25, 0.3) is 5.56 Å². The molecule has 4 nitrogen and oxygen atoms in total. The van der Waals surface area contributed by atoms with Gasteiger partial charge in [-0.05, 0) is 70.7 Å². The van der Waals surface area contributed by atoms with Crippen molar-refractivity contribution in [2.24, 2.45) is 0 Å². The highest BCUT2D eigenvalue weighted by atomic mass is 79.9. The van der Waals surface area contributed by atoms with Gasteiger partial charge in [-0.1, -0.05) is 23.5 Å². The first-order valence-corrected chi connectivity index (χ1v) is 8.98. The largest absolute Gasteiger partial charge is 0.508 e. The summed E-state index contributed by atoms with van der Waals surface area (Å²) in [7, 11) is 0. The number of hydrogen-bond acceptors (Lipinski definition) is 4. The monoisotopic (exact) mass is 400 g/mol. The molecular formula is C18H13BrN2O2S. The highest BCUT2D eigenvalue weighted by Gasteiger charge is 2.15. The van der Waals surface area contributed by atoms with Crippen molar-refractivity contribution < 1.29 is 5.11 Å². The zero-order valence-corrected chi connectivity index (χ0v) is 15.4. The Morgan fingerprint density at radius 3 is 2.67 bits per heavy atom. The van der Waals surface area contributed by atoms with E-state index in [0.717, 1.165) is 32.2 Å². The van der Waals surface area contributed by atoms with E-state index in [0.29, 0.717) is 9.49 Å². The summed E-state index contributed by atoms with van der Waals surface area (Å²) in [5.74, 6) is 0.206. The number of benzene rings is 2. The van der Waals surface area contributed by atoms with Crippen LogP contribution in [-0.2, 0) is 0 Å². The van der Waals surface area contributed by atoms with Crippen LogP contribution in [0.5, 0.6) is 5.75 Å². The number of thiazole rings is 1. The molecule has 0 aliphatic carbocycles. The minimum absolute atomic E-state index is 0.0688. The Morgan fingerprint density at radius 2 is 1.96 bits per heavy atom. The van der Waals surface area contributed by atoms with Crippen molar-refractivity contribution in [2.75, 3.05) is 0 Å². The number of phenolic OH excluding ortho intramolecular Hbond substituents is 1. The summed E-state index contributed by atoms with van der Waals surface area (Å²) in [5, 5.41) is 9.36. The smallest absolute Gasteiger partial charge is 0.274 e. The van der Waals surface area contributed by atoms with Gasteiger partial charge in [-0.15, -0.1) is 0 Å². The minimum Gasteiger partial charge on any atom is -0.508 e. The molecule has 0 saturated carbocycles. The molecule has 0 amide bonds. The molecule has 0 atom stereocenters. The van der Waals surface area contributed by atoms with Gasteiger partial charge in [0.2, 0.25) is 0 Å². The molecule has 1 N–H and O–H groups in total. The molecular weight excluding hydrogens is 388 g/mol. The molecule has 0 aliphatic rings. The number of halogens is 1. The van der Waals surface area contributed by atoms with Gasteiger partial charge in [0, 0.05) is 4.47 Å². The van der Waals surface area contributed by atoms with Crippen LogP contribution >= 0.6 is 27.3 Å². The van der Waals surface area contributed by atoms with Gasteiger partial charge in [0.05, 0.1) is 10.0 Å². The summed E-state index contributed by atoms with van der Waals surface area (Å²) in [5.41, 5.74) is 4.69. The number of imidazole rings is 1. The van der Waals surface area contributed by atoms with E-state index in [4.69, 9.17) is 0 Å². The first-order valence-electron chi connectivity index (χ1n) is 7.37. The Morgan fingerprint density at radius 1 is 1.25 bits per heavy atom. The number of aromatic nitrogens is 2. The van der Waals surface area contributed by atoms with Gasteiger partial charge >= 0.3 is 0 Å². The Hall–Kier alpha value is -2.18. The Bertz CT molecular complexity index is 1210. The van der Waals surface area contributed by atoms with E-state index in [1.54, 1.807) is 28.7 Å². The summed E-state index contributed by atoms with van der Waals surface area (Å²) in [6.07, 6.45) is 1.82. The molecule has 2 aromatic carbocycles. The van der Waals surface area contributed by atoms with Crippen molar-refractivity contribution in [1.82, 2.24) is 9.38 Å². The van der Waals surface area contributed by atoms with E-state index < -0.39 is 0 Å². The first kappa shape index (κ1) is 15.4. The molecule has 4 rings (SSSR count). The molecule has 0 radical (unpaired) electrons. The van der Waals surface area contributed by atoms with Crippen LogP contribution in [0.25, 0.3) is 22.1 Å². The van der Waals surface area contributed by atoms with Crippen LogP contribution in [-0.4, -0.2) is 14.5 Å². The van der Waals surface area contributed by atoms with Gasteiger partial charge in [-0.3, -0.25) is 4.79 Å². The van der Waals surface area contributed by atoms with Crippen LogP contribution in [0.2, 0.25) is 0 Å². The lowest BCUT2D eigenvalue weighted by Crippen LogP contribution is -2.22. The van der Waals surface area contributed by atoms with Crippen LogP contribution in [0.15, 0.2) is 39.6 Å². The number of nitrogens with zero attached hydrogens (tertiary/aromatic N) is 2. The molecule has 4 aromatic rings. The van der Waals surface area contributed by atoms with E-state index in [2.05, 4.69) is 20.9 Å². The lowest BCUT2D eigenvalue weighted by molar-refractivity contribution is 0.475. The molecule has 6 heteroatoms. The average molecular weight is 401 g/mol. The second kappa shape index (κ2) is 5.43. The second-order valence-corrected chi connectivity index (χ2v) is 7.54. The van der Waals surface area contributed by atoms with E-state index in [-0.39, 0.29) is 11.3 Å². The molecule has 0 aliphatic heterocycles. The highest BCUT2D eigenvalue weighted by molar-refractivity contribution is 9.10. The standard InChI is InChI=1S/C18H13BrN2O2S/c1-9-7-13-16(15(19)10(9)2)20-18-21(13)17(23)14(24-18)8-11-3-5-12(22)6-4-11/h3-8,22H,1-2H3/b14-8-. The molecule has 2 heterocycles. The Labute approximate surface area is 149 Å². The van der Waals surface area contributed by atoms with Crippen molar-refractivity contribution in [2.45, 2.75) is 13.8 Å². The molecule has 0 unspecified atom stereocenters. The van der Waals surface area contributed by atoms with Gasteiger partial charge < -0.3 is 5.11 Å². The minimum atomic E-state index is -0.0688. The van der Waals surface area contributed by atoms with E-state index >= 15 is 0 Å². The maximum atomic E-state index is 12.8. The first-order chi connectivity index (χ1) is 11.5. The van der Waals surface area contributed by atoms with E-state index in [9.17, 15) is 9.90 Å². The Kier molecular flexibility index (Phi) is 3.47. The molecule has 0 saturated heterocycles. The number of phenols is 1. The zero-order valence-electron chi connectivity index (χ0n) is 13.0. The van der Waals surface area contributed by atoms with Gasteiger partial charge in [-0.2, -0.15) is 0 Å². The number of hydrogen-bond donors (Lipinski definition) is 1. The fraction of sp³-hybridized carbons (Fsp3) is 0.111. The molecule has 120 valence electrons. The van der Waals surface area contributed by atoms with Crippen molar-refractivity contribution in [3.63, 3.8) is 0 Å². The average Bonchev–Trinajstić information content (AvgIpc) is 3.05. The topological polar surface area (TPSA) is 54.6 Å². The number of aryl methyl sites for hydroxylation is 1. The molecule has 2 aromatic heterocycles. The number of fused-ring (bicyclic) bond motifs is 3. The highest BCUT2D eigenvalue weighted by Crippen LogP contribution is 2.30. The van der Waals surface area contributed by atoms with Crippen LogP contribution in [0.1, 0.15) is 16.7 Å².